The summed E-state index contributed by atoms with van der Waals surface area (Å²) in [5.41, 5.74) is 9.14. The van der Waals surface area contributed by atoms with Gasteiger partial charge in [0.05, 0.1) is 5.69 Å². The van der Waals surface area contributed by atoms with E-state index < -0.39 is 5.91 Å². The predicted molar refractivity (Wildman–Crippen MR) is 130 cm³/mol. The molecule has 2 amide bonds. The lowest BCUT2D eigenvalue weighted by Crippen LogP contribution is -2.13. The standard InChI is InChI=1S/C25H20ClN3O2S/c26-19-10-6-16(7-11-19)23-21(32-25(29-23)18-4-2-1-3-5-18)14-15-22(30)28-20-12-8-17(9-13-20)24(27)31/h1-13H,14-15H2,(H2,27,31)(H,28,30). The number of hydrogen-bond acceptors (Lipinski definition) is 4. The van der Waals surface area contributed by atoms with Gasteiger partial charge in [0, 0.05) is 38.7 Å². The lowest BCUT2D eigenvalue weighted by molar-refractivity contribution is -0.116. The van der Waals surface area contributed by atoms with Crippen molar-refractivity contribution in [1.82, 2.24) is 4.98 Å². The SMILES string of the molecule is NC(=O)c1ccc(NC(=O)CCc2sc(-c3ccccc3)nc2-c2ccc(Cl)cc2)cc1. The number of nitrogens with one attached hydrogen (secondary N) is 1. The van der Waals surface area contributed by atoms with Crippen LogP contribution in [0.25, 0.3) is 21.8 Å². The van der Waals surface area contributed by atoms with Gasteiger partial charge in [-0.2, -0.15) is 0 Å². The van der Waals surface area contributed by atoms with Crippen molar-refractivity contribution in [1.29, 1.82) is 0 Å². The van der Waals surface area contributed by atoms with Gasteiger partial charge in [0.15, 0.2) is 0 Å². The predicted octanol–water partition coefficient (Wildman–Crippen LogP) is 5.80. The van der Waals surface area contributed by atoms with E-state index >= 15 is 0 Å². The fraction of sp³-hybridized carbons (Fsp3) is 0.0800. The van der Waals surface area contributed by atoms with Crippen molar-refractivity contribution in [2.75, 3.05) is 5.32 Å². The van der Waals surface area contributed by atoms with Gasteiger partial charge in [-0.3, -0.25) is 9.59 Å². The van der Waals surface area contributed by atoms with Crippen LogP contribution < -0.4 is 11.1 Å². The van der Waals surface area contributed by atoms with E-state index in [4.69, 9.17) is 22.3 Å². The number of nitrogens with two attached hydrogens (primary N) is 1. The van der Waals surface area contributed by atoms with E-state index in [1.165, 1.54) is 0 Å². The third-order valence-electron chi connectivity index (χ3n) is 4.87. The van der Waals surface area contributed by atoms with Crippen molar-refractivity contribution >= 4 is 40.4 Å². The van der Waals surface area contributed by atoms with Gasteiger partial charge in [0.25, 0.3) is 0 Å². The molecule has 4 rings (SSSR count). The highest BCUT2D eigenvalue weighted by atomic mass is 35.5. The normalized spacial score (nSPS) is 10.7. The minimum atomic E-state index is -0.503. The number of benzene rings is 3. The second-order valence-electron chi connectivity index (χ2n) is 7.15. The molecule has 0 aliphatic heterocycles. The lowest BCUT2D eigenvalue weighted by atomic mass is 10.1. The first-order valence-electron chi connectivity index (χ1n) is 10.0. The maximum atomic E-state index is 12.5. The average Bonchev–Trinajstić information content (AvgIpc) is 3.23. The molecule has 3 N–H and O–H groups in total. The topological polar surface area (TPSA) is 85.1 Å². The molecule has 160 valence electrons. The number of anilines is 1. The molecule has 0 saturated carbocycles. The van der Waals surface area contributed by atoms with Gasteiger partial charge in [-0.05, 0) is 42.8 Å². The molecule has 0 radical (unpaired) electrons. The molecule has 0 spiro atoms. The summed E-state index contributed by atoms with van der Waals surface area (Å²) >= 11 is 7.64. The Morgan fingerprint density at radius 1 is 0.906 bits per heavy atom. The zero-order chi connectivity index (χ0) is 22.5. The molecule has 5 nitrogen and oxygen atoms in total. The number of halogens is 1. The number of amides is 2. The molecule has 0 fully saturated rings. The van der Waals surface area contributed by atoms with E-state index in [-0.39, 0.29) is 5.91 Å². The first kappa shape index (κ1) is 21.7. The molecule has 4 aromatic rings. The summed E-state index contributed by atoms with van der Waals surface area (Å²) in [6.07, 6.45) is 0.849. The number of carbonyl (C=O) groups is 2. The number of aryl methyl sites for hydroxylation is 1. The highest BCUT2D eigenvalue weighted by Crippen LogP contribution is 2.35. The largest absolute Gasteiger partial charge is 0.366 e. The number of primary amides is 1. The molecule has 1 heterocycles. The summed E-state index contributed by atoms with van der Waals surface area (Å²) in [7, 11) is 0. The van der Waals surface area contributed by atoms with Gasteiger partial charge in [-0.25, -0.2) is 4.98 Å². The maximum Gasteiger partial charge on any atom is 0.248 e. The second kappa shape index (κ2) is 9.77. The summed E-state index contributed by atoms with van der Waals surface area (Å²) in [6, 6.07) is 24.0. The Bertz CT molecular complexity index is 1240. The fourth-order valence-corrected chi connectivity index (χ4v) is 4.44. The Morgan fingerprint density at radius 3 is 2.25 bits per heavy atom. The Hall–Kier alpha value is -3.48. The van der Waals surface area contributed by atoms with Crippen molar-refractivity contribution < 1.29 is 9.59 Å². The molecular weight excluding hydrogens is 442 g/mol. The van der Waals surface area contributed by atoms with Crippen LogP contribution >= 0.6 is 22.9 Å². The summed E-state index contributed by atoms with van der Waals surface area (Å²) in [6.45, 7) is 0. The van der Waals surface area contributed by atoms with Gasteiger partial charge < -0.3 is 11.1 Å². The fourth-order valence-electron chi connectivity index (χ4n) is 3.23. The molecule has 7 heteroatoms. The van der Waals surface area contributed by atoms with Crippen LogP contribution in [0, 0.1) is 0 Å². The van der Waals surface area contributed by atoms with E-state index in [0.717, 1.165) is 26.7 Å². The Labute approximate surface area is 194 Å². The molecule has 0 atom stereocenters. The van der Waals surface area contributed by atoms with Crippen LogP contribution in [0.15, 0.2) is 78.9 Å². The Morgan fingerprint density at radius 2 is 1.59 bits per heavy atom. The molecule has 3 aromatic carbocycles. The number of carbonyl (C=O) groups excluding carboxylic acids is 2. The van der Waals surface area contributed by atoms with Crippen LogP contribution in [0.5, 0.6) is 0 Å². The second-order valence-corrected chi connectivity index (χ2v) is 8.67. The van der Waals surface area contributed by atoms with E-state index in [2.05, 4.69) is 5.32 Å². The molecule has 0 aliphatic rings. The van der Waals surface area contributed by atoms with Gasteiger partial charge in [-0.15, -0.1) is 11.3 Å². The average molecular weight is 462 g/mol. The number of thiazole rings is 1. The van der Waals surface area contributed by atoms with Crippen molar-refractivity contribution in [3.05, 3.63) is 94.3 Å². The van der Waals surface area contributed by atoms with Crippen molar-refractivity contribution in [2.45, 2.75) is 12.8 Å². The van der Waals surface area contributed by atoms with Gasteiger partial charge in [-0.1, -0.05) is 54.1 Å². The van der Waals surface area contributed by atoms with Crippen LogP contribution in [0.4, 0.5) is 5.69 Å². The third kappa shape index (κ3) is 5.22. The quantitative estimate of drug-likeness (QED) is 0.364. The lowest BCUT2D eigenvalue weighted by Gasteiger charge is -2.06. The Balaban J connectivity index is 1.52. The zero-order valence-electron chi connectivity index (χ0n) is 17.0. The van der Waals surface area contributed by atoms with Crippen LogP contribution in [-0.2, 0) is 11.2 Å². The molecule has 32 heavy (non-hydrogen) atoms. The van der Waals surface area contributed by atoms with E-state index in [0.29, 0.717) is 29.1 Å². The van der Waals surface area contributed by atoms with Crippen LogP contribution in [-0.4, -0.2) is 16.8 Å². The molecule has 0 unspecified atom stereocenters. The van der Waals surface area contributed by atoms with Crippen molar-refractivity contribution in [2.24, 2.45) is 5.73 Å². The summed E-state index contributed by atoms with van der Waals surface area (Å²) in [4.78, 5) is 29.6. The van der Waals surface area contributed by atoms with Gasteiger partial charge in [0.2, 0.25) is 11.8 Å². The minimum absolute atomic E-state index is 0.117. The number of hydrogen-bond donors (Lipinski definition) is 2. The molecule has 0 saturated heterocycles. The number of aromatic nitrogens is 1. The van der Waals surface area contributed by atoms with E-state index in [9.17, 15) is 9.59 Å². The molecule has 1 aromatic heterocycles. The monoisotopic (exact) mass is 461 g/mol. The van der Waals surface area contributed by atoms with Crippen LogP contribution in [0.3, 0.4) is 0 Å². The van der Waals surface area contributed by atoms with Crippen LogP contribution in [0.2, 0.25) is 5.02 Å². The summed E-state index contributed by atoms with van der Waals surface area (Å²) < 4.78 is 0. The number of rotatable bonds is 7. The van der Waals surface area contributed by atoms with Gasteiger partial charge in [0.1, 0.15) is 5.01 Å². The van der Waals surface area contributed by atoms with E-state index in [1.807, 2.05) is 54.6 Å². The highest BCUT2D eigenvalue weighted by molar-refractivity contribution is 7.15. The first-order valence-corrected chi connectivity index (χ1v) is 11.2. The smallest absolute Gasteiger partial charge is 0.248 e. The first-order chi connectivity index (χ1) is 15.5. The van der Waals surface area contributed by atoms with Gasteiger partial charge >= 0.3 is 0 Å². The molecule has 0 aliphatic carbocycles. The van der Waals surface area contributed by atoms with Crippen molar-refractivity contribution in [3.63, 3.8) is 0 Å². The maximum absolute atomic E-state index is 12.5. The zero-order valence-corrected chi connectivity index (χ0v) is 18.6. The third-order valence-corrected chi connectivity index (χ3v) is 6.28. The Kier molecular flexibility index (Phi) is 6.63. The van der Waals surface area contributed by atoms with E-state index in [1.54, 1.807) is 35.6 Å². The highest BCUT2D eigenvalue weighted by Gasteiger charge is 2.16. The summed E-state index contributed by atoms with van der Waals surface area (Å²) in [5, 5.41) is 4.43. The van der Waals surface area contributed by atoms with Crippen LogP contribution in [0.1, 0.15) is 21.7 Å². The minimum Gasteiger partial charge on any atom is -0.366 e. The molecule has 0 bridgehead atoms. The summed E-state index contributed by atoms with van der Waals surface area (Å²) in [5.74, 6) is -0.620. The number of nitrogens with zero attached hydrogens (tertiary/aromatic N) is 1. The van der Waals surface area contributed by atoms with Crippen molar-refractivity contribution in [3.8, 4) is 21.8 Å². The molecular formula is C25H20ClN3O2S.